The minimum absolute atomic E-state index is 0.270. The van der Waals surface area contributed by atoms with Gasteiger partial charge in [0.05, 0.1) is 6.26 Å². The van der Waals surface area contributed by atoms with Gasteiger partial charge in [-0.05, 0) is 12.1 Å². The van der Waals surface area contributed by atoms with Crippen molar-refractivity contribution < 1.29 is 44.0 Å². The number of hydrogen-bond acceptors (Lipinski definition) is 5. The third-order valence-corrected chi connectivity index (χ3v) is 5.74. The molecule has 0 fully saturated rings. The molecule has 0 amide bonds. The maximum Gasteiger partial charge on any atom is 0.498 e. The van der Waals surface area contributed by atoms with Gasteiger partial charge in [-0.25, -0.2) is 8.42 Å². The smallest absolute Gasteiger partial charge is 0.465 e. The molecule has 0 bridgehead atoms. The summed E-state index contributed by atoms with van der Waals surface area (Å²) in [5.41, 5.74) is -11.3. The van der Waals surface area contributed by atoms with Gasteiger partial charge in [-0.15, -0.1) is 0 Å². The predicted octanol–water partition coefficient (Wildman–Crippen LogP) is 3.77. The lowest BCUT2D eigenvalue weighted by Gasteiger charge is -2.32. The summed E-state index contributed by atoms with van der Waals surface area (Å²) in [5.74, 6) is -1.16. The molecular formula is C15H9F6NO4S. The minimum atomic E-state index is -6.43. The molecule has 1 aromatic carbocycles. The second kappa shape index (κ2) is 6.01. The maximum absolute atomic E-state index is 13.9. The molecule has 3 rings (SSSR count). The van der Waals surface area contributed by atoms with Crippen LogP contribution in [-0.2, 0) is 20.3 Å². The average molecular weight is 413 g/mol. The summed E-state index contributed by atoms with van der Waals surface area (Å²) in [4.78, 5) is 4.40. The summed E-state index contributed by atoms with van der Waals surface area (Å²) in [6, 6.07) is 7.92. The molecule has 0 aliphatic carbocycles. The van der Waals surface area contributed by atoms with Crippen LogP contribution in [0.1, 0.15) is 11.3 Å². The molecule has 2 atom stereocenters. The Morgan fingerprint density at radius 3 is 2.07 bits per heavy atom. The van der Waals surface area contributed by atoms with Crippen LogP contribution in [0.25, 0.3) is 0 Å². The van der Waals surface area contributed by atoms with Gasteiger partial charge in [0.1, 0.15) is 5.71 Å². The lowest BCUT2D eigenvalue weighted by Crippen LogP contribution is -2.58. The van der Waals surface area contributed by atoms with Crippen molar-refractivity contribution in [3.8, 4) is 0 Å². The average Bonchev–Trinajstić information content (AvgIpc) is 3.22. The van der Waals surface area contributed by atoms with E-state index in [0.29, 0.717) is 6.07 Å². The van der Waals surface area contributed by atoms with Crippen LogP contribution in [0.5, 0.6) is 0 Å². The molecule has 0 radical (unpaired) electrons. The second-order valence-electron chi connectivity index (χ2n) is 5.52. The van der Waals surface area contributed by atoms with Crippen LogP contribution < -0.4 is 0 Å². The fourth-order valence-electron chi connectivity index (χ4n) is 2.73. The quantitative estimate of drug-likeness (QED) is 0.719. The summed E-state index contributed by atoms with van der Waals surface area (Å²) in [6.07, 6.45) is -4.85. The number of sulfone groups is 1. The first kappa shape index (κ1) is 19.3. The molecule has 1 aliphatic heterocycles. The first-order valence-corrected chi connectivity index (χ1v) is 8.70. The SMILES string of the molecule is O=S(=O)([C@H]1C(c2ccccc2)=NO[C@]1(c1ccco1)C(F)(F)F)C(F)(F)F. The Balaban J connectivity index is 2.33. The van der Waals surface area contributed by atoms with Gasteiger partial charge < -0.3 is 9.25 Å². The fraction of sp³-hybridized carbons (Fsp3) is 0.267. The number of halogens is 6. The van der Waals surface area contributed by atoms with Crippen LogP contribution in [0.2, 0.25) is 0 Å². The Morgan fingerprint density at radius 2 is 1.59 bits per heavy atom. The van der Waals surface area contributed by atoms with E-state index < -0.39 is 43.8 Å². The molecule has 1 aromatic heterocycles. The molecule has 12 heteroatoms. The van der Waals surface area contributed by atoms with Gasteiger partial charge in [0, 0.05) is 5.56 Å². The Kier molecular flexibility index (Phi) is 4.29. The van der Waals surface area contributed by atoms with Crippen molar-refractivity contribution in [1.29, 1.82) is 0 Å². The van der Waals surface area contributed by atoms with E-state index >= 15 is 0 Å². The van der Waals surface area contributed by atoms with E-state index in [1.165, 1.54) is 18.2 Å². The van der Waals surface area contributed by atoms with E-state index in [1.807, 2.05) is 0 Å². The molecule has 0 unspecified atom stereocenters. The van der Waals surface area contributed by atoms with Crippen LogP contribution in [0, 0.1) is 0 Å². The molecule has 2 heterocycles. The molecular weight excluding hydrogens is 404 g/mol. The molecule has 0 N–H and O–H groups in total. The van der Waals surface area contributed by atoms with E-state index in [-0.39, 0.29) is 5.56 Å². The Bertz CT molecular complexity index is 950. The van der Waals surface area contributed by atoms with Crippen molar-refractivity contribution in [3.05, 3.63) is 60.1 Å². The van der Waals surface area contributed by atoms with E-state index in [4.69, 9.17) is 0 Å². The van der Waals surface area contributed by atoms with E-state index in [9.17, 15) is 34.8 Å². The van der Waals surface area contributed by atoms with Crippen LogP contribution in [0.15, 0.2) is 58.3 Å². The zero-order chi connectivity index (χ0) is 20.1. The number of rotatable bonds is 3. The van der Waals surface area contributed by atoms with Gasteiger partial charge >= 0.3 is 17.3 Å². The number of oxime groups is 1. The maximum atomic E-state index is 13.9. The lowest BCUT2D eigenvalue weighted by molar-refractivity contribution is -0.280. The van der Waals surface area contributed by atoms with Crippen molar-refractivity contribution in [2.45, 2.75) is 22.5 Å². The molecule has 146 valence electrons. The van der Waals surface area contributed by atoms with Crippen molar-refractivity contribution in [2.75, 3.05) is 0 Å². The second-order valence-corrected chi connectivity index (χ2v) is 7.54. The van der Waals surface area contributed by atoms with Crippen LogP contribution >= 0.6 is 0 Å². The highest BCUT2D eigenvalue weighted by molar-refractivity contribution is 7.93. The molecule has 0 saturated carbocycles. The standard InChI is InChI=1S/C15H9F6NO4S/c16-14(17,18)13(10-7-4-8-25-10)12(27(23,24)15(19,20)21)11(22-26-13)9-5-2-1-3-6-9/h1-8,12H/t12-,13-/m0/s1. The van der Waals surface area contributed by atoms with Crippen molar-refractivity contribution in [1.82, 2.24) is 0 Å². The number of nitrogens with zero attached hydrogens (tertiary/aromatic N) is 1. The highest BCUT2D eigenvalue weighted by Gasteiger charge is 2.76. The number of hydrogen-bond donors (Lipinski definition) is 0. The monoisotopic (exact) mass is 413 g/mol. The van der Waals surface area contributed by atoms with Crippen LogP contribution in [0.4, 0.5) is 26.3 Å². The lowest BCUT2D eigenvalue weighted by atomic mass is 9.90. The normalized spacial score (nSPS) is 23.8. The van der Waals surface area contributed by atoms with Crippen LogP contribution in [-0.4, -0.2) is 31.1 Å². The zero-order valence-corrected chi connectivity index (χ0v) is 13.8. The first-order chi connectivity index (χ1) is 12.4. The van der Waals surface area contributed by atoms with E-state index in [0.717, 1.165) is 24.5 Å². The zero-order valence-electron chi connectivity index (χ0n) is 13.0. The summed E-state index contributed by atoms with van der Waals surface area (Å²) in [6.45, 7) is 0. The predicted molar refractivity (Wildman–Crippen MR) is 79.3 cm³/mol. The Morgan fingerprint density at radius 1 is 0.963 bits per heavy atom. The summed E-state index contributed by atoms with van der Waals surface area (Å²) in [5, 5.41) is -0.151. The van der Waals surface area contributed by atoms with Crippen molar-refractivity contribution in [2.24, 2.45) is 5.16 Å². The third-order valence-electron chi connectivity index (χ3n) is 3.92. The van der Waals surface area contributed by atoms with Crippen LogP contribution in [0.3, 0.4) is 0 Å². The molecule has 1 aliphatic rings. The van der Waals surface area contributed by atoms with Gasteiger partial charge in [-0.1, -0.05) is 35.5 Å². The number of benzene rings is 1. The van der Waals surface area contributed by atoms with Gasteiger partial charge in [-0.2, -0.15) is 26.3 Å². The summed E-state index contributed by atoms with van der Waals surface area (Å²) < 4.78 is 111. The summed E-state index contributed by atoms with van der Waals surface area (Å²) >= 11 is 0. The highest BCUT2D eigenvalue weighted by atomic mass is 32.2. The number of furan rings is 1. The Hall–Kier alpha value is -2.50. The summed E-state index contributed by atoms with van der Waals surface area (Å²) in [7, 11) is -6.43. The fourth-order valence-corrected chi connectivity index (χ4v) is 4.20. The van der Waals surface area contributed by atoms with Gasteiger partial charge in [0.15, 0.2) is 11.0 Å². The minimum Gasteiger partial charge on any atom is -0.465 e. The van der Waals surface area contributed by atoms with E-state index in [2.05, 4.69) is 14.4 Å². The number of alkyl halides is 6. The Labute approximate surface area is 148 Å². The molecule has 0 saturated heterocycles. The van der Waals surface area contributed by atoms with Crippen molar-refractivity contribution in [3.63, 3.8) is 0 Å². The topological polar surface area (TPSA) is 68.9 Å². The molecule has 5 nitrogen and oxygen atoms in total. The van der Waals surface area contributed by atoms with Gasteiger partial charge in [0.25, 0.3) is 9.84 Å². The first-order valence-electron chi connectivity index (χ1n) is 7.15. The van der Waals surface area contributed by atoms with E-state index in [1.54, 1.807) is 0 Å². The highest BCUT2D eigenvalue weighted by Crippen LogP contribution is 2.53. The molecule has 2 aromatic rings. The third kappa shape index (κ3) is 2.78. The van der Waals surface area contributed by atoms with Gasteiger partial charge in [-0.3, -0.25) is 0 Å². The molecule has 0 spiro atoms. The van der Waals surface area contributed by atoms with Crippen molar-refractivity contribution >= 4 is 15.5 Å². The molecule has 27 heavy (non-hydrogen) atoms. The van der Waals surface area contributed by atoms with Gasteiger partial charge in [0.2, 0.25) is 0 Å². The largest absolute Gasteiger partial charge is 0.498 e.